The molecule has 0 aliphatic carbocycles. The number of sulfonamides is 1. The molecule has 3 rings (SSSR count). The predicted octanol–water partition coefficient (Wildman–Crippen LogP) is 4.27. The van der Waals surface area contributed by atoms with Crippen molar-refractivity contribution in [3.8, 4) is 5.75 Å². The fourth-order valence-corrected chi connectivity index (χ4v) is 4.90. The molecule has 2 aromatic carbocycles. The van der Waals surface area contributed by atoms with Crippen molar-refractivity contribution in [2.45, 2.75) is 58.4 Å². The van der Waals surface area contributed by atoms with E-state index in [1.807, 2.05) is 20.8 Å². The van der Waals surface area contributed by atoms with Gasteiger partial charge in [0.15, 0.2) is 0 Å². The molecule has 1 aromatic heterocycles. The number of carbonyl (C=O) groups is 1. The summed E-state index contributed by atoms with van der Waals surface area (Å²) in [5.41, 5.74) is 2.31. The van der Waals surface area contributed by atoms with Crippen LogP contribution in [0, 0.1) is 19.8 Å². The lowest BCUT2D eigenvalue weighted by Gasteiger charge is -2.21. The molecule has 0 saturated carbocycles. The Morgan fingerprint density at radius 1 is 1.09 bits per heavy atom. The van der Waals surface area contributed by atoms with E-state index < -0.39 is 27.7 Å². The fourth-order valence-electron chi connectivity index (χ4n) is 3.57. The predicted molar refractivity (Wildman–Crippen MR) is 127 cm³/mol. The van der Waals surface area contributed by atoms with Crippen LogP contribution in [-0.2, 0) is 21.2 Å². The molecule has 0 aliphatic heterocycles. The van der Waals surface area contributed by atoms with Crippen molar-refractivity contribution in [2.24, 2.45) is 5.92 Å². The van der Waals surface area contributed by atoms with Gasteiger partial charge in [-0.1, -0.05) is 44.9 Å². The summed E-state index contributed by atoms with van der Waals surface area (Å²) in [6, 6.07) is 10.1. The Morgan fingerprint density at radius 3 is 2.36 bits per heavy atom. The molecular weight excluding hydrogens is 442 g/mol. The molecule has 0 aliphatic rings. The zero-order valence-electron chi connectivity index (χ0n) is 19.5. The number of rotatable bonds is 8. The Labute approximate surface area is 193 Å². The number of aryl methyl sites for hydroxylation is 2. The number of nitrogens with one attached hydrogen (secondary N) is 1. The second-order valence-corrected chi connectivity index (χ2v) is 10.2. The minimum Gasteiger partial charge on any atom is -0.425 e. The van der Waals surface area contributed by atoms with Gasteiger partial charge in [0.1, 0.15) is 17.4 Å². The molecule has 0 fully saturated rings. The van der Waals surface area contributed by atoms with Crippen LogP contribution in [0.1, 0.15) is 43.9 Å². The second-order valence-electron chi connectivity index (χ2n) is 8.48. The highest BCUT2D eigenvalue weighted by Gasteiger charge is 2.30. The molecule has 176 valence electrons. The molecule has 1 N–H and O–H groups in total. The quantitative estimate of drug-likeness (QED) is 0.299. The Bertz CT molecular complexity index is 1320. The van der Waals surface area contributed by atoms with Crippen LogP contribution in [-0.4, -0.2) is 20.4 Å². The van der Waals surface area contributed by atoms with Gasteiger partial charge < -0.3 is 9.15 Å². The Hall–Kier alpha value is -2.97. The van der Waals surface area contributed by atoms with Crippen LogP contribution in [0.2, 0.25) is 0 Å². The smallest absolute Gasteiger partial charge is 0.339 e. The molecule has 8 heteroatoms. The van der Waals surface area contributed by atoms with Crippen LogP contribution in [0.15, 0.2) is 56.6 Å². The Balaban J connectivity index is 1.86. The highest BCUT2D eigenvalue weighted by Crippen LogP contribution is 2.25. The van der Waals surface area contributed by atoms with Crippen LogP contribution in [0.4, 0.5) is 0 Å². The lowest BCUT2D eigenvalue weighted by Crippen LogP contribution is -2.46. The van der Waals surface area contributed by atoms with Crippen LogP contribution in [0.25, 0.3) is 11.0 Å². The standard InChI is InChI=1S/C25H29NO6S/c1-6-7-21-17(5)20-13-10-18(14-22(20)32-24(21)27)31-25(28)23(15(2)3)26-33(29,30)19-11-8-16(4)9-12-19/h8-15,23,26H,6-7H2,1-5H3/t23-/m0/s1. The van der Waals surface area contributed by atoms with E-state index in [4.69, 9.17) is 9.15 Å². The van der Waals surface area contributed by atoms with Gasteiger partial charge >= 0.3 is 11.6 Å². The number of ether oxygens (including phenoxy) is 1. The van der Waals surface area contributed by atoms with E-state index in [-0.39, 0.29) is 16.6 Å². The second kappa shape index (κ2) is 9.89. The van der Waals surface area contributed by atoms with E-state index in [0.717, 1.165) is 22.9 Å². The van der Waals surface area contributed by atoms with Gasteiger partial charge in [0.05, 0.1) is 4.90 Å². The van der Waals surface area contributed by atoms with Crippen molar-refractivity contribution in [1.82, 2.24) is 4.72 Å². The fraction of sp³-hybridized carbons (Fsp3) is 0.360. The lowest BCUT2D eigenvalue weighted by molar-refractivity contribution is -0.137. The number of benzene rings is 2. The first-order valence-corrected chi connectivity index (χ1v) is 12.4. The van der Waals surface area contributed by atoms with Gasteiger partial charge in [-0.25, -0.2) is 18.0 Å². The third-order valence-corrected chi connectivity index (χ3v) is 6.97. The molecule has 0 radical (unpaired) electrons. The summed E-state index contributed by atoms with van der Waals surface area (Å²) in [5, 5.41) is 0.762. The van der Waals surface area contributed by atoms with Crippen LogP contribution in [0.5, 0.6) is 5.75 Å². The number of fused-ring (bicyclic) bond motifs is 1. The molecule has 0 spiro atoms. The first-order chi connectivity index (χ1) is 15.5. The van der Waals surface area contributed by atoms with E-state index in [1.54, 1.807) is 38.1 Å². The van der Waals surface area contributed by atoms with Crippen LogP contribution >= 0.6 is 0 Å². The van der Waals surface area contributed by atoms with Gasteiger partial charge in [-0.15, -0.1) is 0 Å². The number of hydrogen-bond acceptors (Lipinski definition) is 6. The summed E-state index contributed by atoms with van der Waals surface area (Å²) in [4.78, 5) is 25.3. The van der Waals surface area contributed by atoms with Gasteiger partial charge in [0.2, 0.25) is 10.0 Å². The molecular formula is C25H29NO6S. The van der Waals surface area contributed by atoms with Gasteiger partial charge in [0, 0.05) is 17.0 Å². The molecule has 1 atom stereocenters. The van der Waals surface area contributed by atoms with Crippen molar-refractivity contribution in [2.75, 3.05) is 0 Å². The van der Waals surface area contributed by atoms with E-state index >= 15 is 0 Å². The summed E-state index contributed by atoms with van der Waals surface area (Å²) < 4.78 is 38.9. The summed E-state index contributed by atoms with van der Waals surface area (Å²) in [6.07, 6.45) is 1.44. The van der Waals surface area contributed by atoms with Crippen LogP contribution < -0.4 is 15.1 Å². The highest BCUT2D eigenvalue weighted by atomic mass is 32.2. The van der Waals surface area contributed by atoms with Crippen molar-refractivity contribution in [3.63, 3.8) is 0 Å². The summed E-state index contributed by atoms with van der Waals surface area (Å²) in [6.45, 7) is 9.16. The maximum absolute atomic E-state index is 12.9. The molecule has 0 saturated heterocycles. The maximum Gasteiger partial charge on any atom is 0.339 e. The van der Waals surface area contributed by atoms with Gasteiger partial charge in [-0.05, 0) is 56.0 Å². The first kappa shape index (κ1) is 24.7. The third kappa shape index (κ3) is 5.51. The molecule has 3 aromatic rings. The molecule has 0 bridgehead atoms. The largest absolute Gasteiger partial charge is 0.425 e. The van der Waals surface area contributed by atoms with Crippen LogP contribution in [0.3, 0.4) is 0 Å². The maximum atomic E-state index is 12.9. The zero-order chi connectivity index (χ0) is 24.3. The van der Waals surface area contributed by atoms with Gasteiger partial charge in [-0.2, -0.15) is 4.72 Å². The summed E-state index contributed by atoms with van der Waals surface area (Å²) in [5.74, 6) is -0.949. The SMILES string of the molecule is CCCc1c(C)c2ccc(OC(=O)[C@@H](NS(=O)(=O)c3ccc(C)cc3)C(C)C)cc2oc1=O. The first-order valence-electron chi connectivity index (χ1n) is 10.9. The van der Waals surface area contributed by atoms with E-state index in [2.05, 4.69) is 4.72 Å². The minimum atomic E-state index is -3.93. The van der Waals surface area contributed by atoms with Gasteiger partial charge in [0.25, 0.3) is 0 Å². The lowest BCUT2D eigenvalue weighted by atomic mass is 10.0. The van der Waals surface area contributed by atoms with E-state index in [9.17, 15) is 18.0 Å². The van der Waals surface area contributed by atoms with Crippen molar-refractivity contribution >= 4 is 27.0 Å². The van der Waals surface area contributed by atoms with Crippen molar-refractivity contribution < 1.29 is 22.4 Å². The van der Waals surface area contributed by atoms with Gasteiger partial charge in [-0.3, -0.25) is 0 Å². The average Bonchev–Trinajstić information content (AvgIpc) is 2.75. The third-order valence-electron chi connectivity index (χ3n) is 5.51. The average molecular weight is 472 g/mol. The molecule has 33 heavy (non-hydrogen) atoms. The minimum absolute atomic E-state index is 0.0670. The monoisotopic (exact) mass is 471 g/mol. The molecule has 0 amide bonds. The number of esters is 1. The van der Waals surface area contributed by atoms with Crippen molar-refractivity contribution in [1.29, 1.82) is 0 Å². The Morgan fingerprint density at radius 2 is 1.76 bits per heavy atom. The molecule has 7 nitrogen and oxygen atoms in total. The van der Waals surface area contributed by atoms with Crippen molar-refractivity contribution in [3.05, 3.63) is 69.6 Å². The van der Waals surface area contributed by atoms with E-state index in [1.165, 1.54) is 18.2 Å². The Kier molecular flexibility index (Phi) is 7.39. The number of hydrogen-bond donors (Lipinski definition) is 1. The topological polar surface area (TPSA) is 103 Å². The molecule has 0 unspecified atom stereocenters. The molecule has 1 heterocycles. The zero-order valence-corrected chi connectivity index (χ0v) is 20.3. The highest BCUT2D eigenvalue weighted by molar-refractivity contribution is 7.89. The summed E-state index contributed by atoms with van der Waals surface area (Å²) >= 11 is 0. The normalized spacial score (nSPS) is 12.8. The number of carbonyl (C=O) groups excluding carboxylic acids is 1. The summed E-state index contributed by atoms with van der Waals surface area (Å²) in [7, 11) is -3.93. The van der Waals surface area contributed by atoms with E-state index in [0.29, 0.717) is 17.6 Å².